The van der Waals surface area contributed by atoms with Crippen LogP contribution in [0.4, 0.5) is 18.9 Å². The van der Waals surface area contributed by atoms with Crippen molar-refractivity contribution in [2.45, 2.75) is 6.54 Å². The van der Waals surface area contributed by atoms with Crippen LogP contribution in [0.2, 0.25) is 0 Å². The topological polar surface area (TPSA) is 37.8 Å². The van der Waals surface area contributed by atoms with Crippen LogP contribution in [0.15, 0.2) is 30.9 Å². The Hall–Kier alpha value is -2.11. The summed E-state index contributed by atoms with van der Waals surface area (Å²) < 4.78 is 39.1. The monoisotopic (exact) mass is 239 g/mol. The van der Waals surface area contributed by atoms with Gasteiger partial charge in [0.25, 0.3) is 0 Å². The summed E-state index contributed by atoms with van der Waals surface area (Å²) in [4.78, 5) is 7.51. The van der Waals surface area contributed by atoms with E-state index in [1.807, 2.05) is 0 Å². The van der Waals surface area contributed by atoms with Gasteiger partial charge in [-0.05, 0) is 0 Å². The molecule has 0 bridgehead atoms. The van der Waals surface area contributed by atoms with Crippen LogP contribution >= 0.6 is 0 Å². The highest BCUT2D eigenvalue weighted by Crippen LogP contribution is 2.20. The Labute approximate surface area is 95.3 Å². The molecule has 0 spiro atoms. The van der Waals surface area contributed by atoms with Gasteiger partial charge in [-0.25, -0.2) is 23.1 Å². The lowest BCUT2D eigenvalue weighted by Crippen LogP contribution is -2.05. The Balaban J connectivity index is 2.15. The maximum absolute atomic E-state index is 13.2. The highest BCUT2D eigenvalue weighted by atomic mass is 19.1. The summed E-state index contributed by atoms with van der Waals surface area (Å²) in [5, 5.41) is 2.53. The molecule has 0 amide bonds. The summed E-state index contributed by atoms with van der Waals surface area (Å²) in [6, 6.07) is 1.24. The smallest absolute Gasteiger partial charge is 0.152 e. The van der Waals surface area contributed by atoms with Gasteiger partial charge in [0.2, 0.25) is 0 Å². The Bertz CT molecular complexity index is 494. The minimum absolute atomic E-state index is 0.153. The Morgan fingerprint density at radius 1 is 1.00 bits per heavy atom. The molecule has 0 unspecified atom stereocenters. The number of hydrogen-bond acceptors (Lipinski definition) is 3. The maximum Gasteiger partial charge on any atom is 0.152 e. The molecule has 0 fully saturated rings. The molecule has 1 N–H and O–H groups in total. The normalized spacial score (nSPS) is 10.3. The molecule has 2 aromatic rings. The first-order chi connectivity index (χ1) is 8.16. The molecular formula is C11H8F3N3. The van der Waals surface area contributed by atoms with Gasteiger partial charge < -0.3 is 5.32 Å². The molecule has 0 radical (unpaired) electrons. The van der Waals surface area contributed by atoms with Crippen molar-refractivity contribution >= 4 is 5.69 Å². The first kappa shape index (κ1) is 11.4. The third-order valence-electron chi connectivity index (χ3n) is 2.09. The zero-order chi connectivity index (χ0) is 12.3. The molecule has 2 rings (SSSR count). The fraction of sp³-hybridized carbons (Fsp3) is 0.0909. The largest absolute Gasteiger partial charge is 0.376 e. The van der Waals surface area contributed by atoms with Crippen molar-refractivity contribution in [3.8, 4) is 0 Å². The fourth-order valence-corrected chi connectivity index (χ4v) is 1.32. The molecule has 0 atom stereocenters. The second-order valence-corrected chi connectivity index (χ2v) is 3.34. The second-order valence-electron chi connectivity index (χ2n) is 3.34. The van der Waals surface area contributed by atoms with Gasteiger partial charge in [-0.15, -0.1) is 0 Å². The summed E-state index contributed by atoms with van der Waals surface area (Å²) in [5.41, 5.74) is 0.297. The maximum atomic E-state index is 13.2. The predicted octanol–water partition coefficient (Wildman–Crippen LogP) is 2.51. The number of rotatable bonds is 3. The lowest BCUT2D eigenvalue weighted by atomic mass is 10.2. The Morgan fingerprint density at radius 3 is 2.18 bits per heavy atom. The molecule has 0 saturated carbocycles. The van der Waals surface area contributed by atoms with E-state index in [-0.39, 0.29) is 12.2 Å². The lowest BCUT2D eigenvalue weighted by Gasteiger charge is -2.08. The first-order valence-electron chi connectivity index (χ1n) is 4.79. The van der Waals surface area contributed by atoms with E-state index in [1.165, 1.54) is 18.7 Å². The SMILES string of the molecule is Fc1cc(F)c(NCc2cncnc2)c(F)c1. The van der Waals surface area contributed by atoms with Crippen molar-refractivity contribution < 1.29 is 13.2 Å². The molecule has 0 aliphatic heterocycles. The lowest BCUT2D eigenvalue weighted by molar-refractivity contribution is 0.547. The van der Waals surface area contributed by atoms with Crippen LogP contribution in [0.25, 0.3) is 0 Å². The predicted molar refractivity (Wildman–Crippen MR) is 55.7 cm³/mol. The van der Waals surface area contributed by atoms with Gasteiger partial charge in [0.15, 0.2) is 11.6 Å². The minimum Gasteiger partial charge on any atom is -0.376 e. The highest BCUT2D eigenvalue weighted by molar-refractivity contribution is 5.46. The Morgan fingerprint density at radius 2 is 1.59 bits per heavy atom. The van der Waals surface area contributed by atoms with Gasteiger partial charge in [0.1, 0.15) is 17.8 Å². The van der Waals surface area contributed by atoms with E-state index >= 15 is 0 Å². The molecule has 0 aliphatic rings. The number of aromatic nitrogens is 2. The van der Waals surface area contributed by atoms with Crippen molar-refractivity contribution in [1.82, 2.24) is 9.97 Å². The van der Waals surface area contributed by atoms with Crippen LogP contribution in [0.3, 0.4) is 0 Å². The number of halogens is 3. The zero-order valence-corrected chi connectivity index (χ0v) is 8.62. The number of benzene rings is 1. The first-order valence-corrected chi connectivity index (χ1v) is 4.79. The van der Waals surface area contributed by atoms with E-state index in [4.69, 9.17) is 0 Å². The van der Waals surface area contributed by atoms with Crippen molar-refractivity contribution in [2.24, 2.45) is 0 Å². The second kappa shape index (κ2) is 4.82. The van der Waals surface area contributed by atoms with Gasteiger partial charge in [0.05, 0.1) is 0 Å². The van der Waals surface area contributed by atoms with E-state index in [0.29, 0.717) is 17.7 Å². The van der Waals surface area contributed by atoms with Gasteiger partial charge in [0, 0.05) is 36.6 Å². The molecule has 3 nitrogen and oxygen atoms in total. The summed E-state index contributed by atoms with van der Waals surface area (Å²) in [6.07, 6.45) is 4.38. The molecule has 1 heterocycles. The fourth-order valence-electron chi connectivity index (χ4n) is 1.32. The van der Waals surface area contributed by atoms with Crippen molar-refractivity contribution in [3.05, 3.63) is 53.9 Å². The molecule has 17 heavy (non-hydrogen) atoms. The summed E-state index contributed by atoms with van der Waals surface area (Å²) in [6.45, 7) is 0.153. The van der Waals surface area contributed by atoms with Crippen LogP contribution < -0.4 is 5.32 Å². The quantitative estimate of drug-likeness (QED) is 0.894. The molecule has 0 saturated heterocycles. The van der Waals surface area contributed by atoms with Gasteiger partial charge in [-0.2, -0.15) is 0 Å². The van der Waals surface area contributed by atoms with Gasteiger partial charge in [-0.1, -0.05) is 0 Å². The summed E-state index contributed by atoms with van der Waals surface area (Å²) in [5.74, 6) is -2.90. The molecule has 6 heteroatoms. The van der Waals surface area contributed by atoms with E-state index in [0.717, 1.165) is 0 Å². The van der Waals surface area contributed by atoms with Crippen LogP contribution in [-0.4, -0.2) is 9.97 Å². The number of hydrogen-bond donors (Lipinski definition) is 1. The van der Waals surface area contributed by atoms with Gasteiger partial charge in [-0.3, -0.25) is 0 Å². The van der Waals surface area contributed by atoms with Crippen LogP contribution in [-0.2, 0) is 6.54 Å². The third-order valence-corrected chi connectivity index (χ3v) is 2.09. The molecule has 88 valence electrons. The highest BCUT2D eigenvalue weighted by Gasteiger charge is 2.10. The summed E-state index contributed by atoms with van der Waals surface area (Å²) >= 11 is 0. The summed E-state index contributed by atoms with van der Waals surface area (Å²) in [7, 11) is 0. The van der Waals surface area contributed by atoms with Crippen LogP contribution in [0, 0.1) is 17.5 Å². The van der Waals surface area contributed by atoms with Crippen LogP contribution in [0.5, 0.6) is 0 Å². The Kier molecular flexibility index (Phi) is 3.22. The molecular weight excluding hydrogens is 231 g/mol. The minimum atomic E-state index is -0.973. The van der Waals surface area contributed by atoms with Gasteiger partial charge >= 0.3 is 0 Å². The van der Waals surface area contributed by atoms with Crippen LogP contribution in [0.1, 0.15) is 5.56 Å². The molecule has 1 aromatic carbocycles. The average molecular weight is 239 g/mol. The number of anilines is 1. The van der Waals surface area contributed by atoms with E-state index in [2.05, 4.69) is 15.3 Å². The molecule has 1 aromatic heterocycles. The van der Waals surface area contributed by atoms with E-state index in [9.17, 15) is 13.2 Å². The zero-order valence-electron chi connectivity index (χ0n) is 8.62. The van der Waals surface area contributed by atoms with Crippen molar-refractivity contribution in [2.75, 3.05) is 5.32 Å². The van der Waals surface area contributed by atoms with Crippen molar-refractivity contribution in [1.29, 1.82) is 0 Å². The van der Waals surface area contributed by atoms with E-state index < -0.39 is 17.5 Å². The average Bonchev–Trinajstić information content (AvgIpc) is 2.29. The molecule has 0 aliphatic carbocycles. The number of nitrogens with zero attached hydrogens (tertiary/aromatic N) is 2. The standard InChI is InChI=1S/C11H8F3N3/c12-8-1-9(13)11(10(14)2-8)17-5-7-3-15-6-16-4-7/h1-4,6,17H,5H2. The third kappa shape index (κ3) is 2.72. The number of nitrogens with one attached hydrogen (secondary N) is 1. The van der Waals surface area contributed by atoms with Crippen molar-refractivity contribution in [3.63, 3.8) is 0 Å². The van der Waals surface area contributed by atoms with E-state index in [1.54, 1.807) is 0 Å².